The van der Waals surface area contributed by atoms with E-state index in [1.54, 1.807) is 12.2 Å². The fraction of sp³-hybridized carbons (Fsp3) is 0.455. The van der Waals surface area contributed by atoms with Gasteiger partial charge in [-0.25, -0.2) is 0 Å². The molecule has 8 nitrogen and oxygen atoms in total. The van der Waals surface area contributed by atoms with Crippen LogP contribution in [0.4, 0.5) is 0 Å². The lowest BCUT2D eigenvalue weighted by atomic mass is 9.70. The Bertz CT molecular complexity index is 1720. The smallest absolute Gasteiger partial charge is 0.206 e. The number of hydrogen-bond acceptors (Lipinski definition) is 8. The van der Waals surface area contributed by atoms with Crippen LogP contribution in [0.25, 0.3) is 0 Å². The van der Waals surface area contributed by atoms with Crippen molar-refractivity contribution in [3.8, 4) is 0 Å². The zero-order chi connectivity index (χ0) is 40.7. The first-order chi connectivity index (χ1) is 25.1. The Morgan fingerprint density at radius 2 is 1.06 bits per heavy atom. The maximum atomic E-state index is 12.5. The lowest BCUT2D eigenvalue weighted by Crippen LogP contribution is -2.48. The third kappa shape index (κ3) is 10.7. The number of rotatable bonds is 12. The molecule has 0 aromatic carbocycles. The van der Waals surface area contributed by atoms with Crippen LogP contribution in [0.5, 0.6) is 0 Å². The van der Waals surface area contributed by atoms with E-state index in [1.165, 1.54) is 40.2 Å². The van der Waals surface area contributed by atoms with Gasteiger partial charge in [0.05, 0.1) is 22.6 Å². The second-order valence-electron chi connectivity index (χ2n) is 15.1. The fourth-order valence-electron chi connectivity index (χ4n) is 6.48. The summed E-state index contributed by atoms with van der Waals surface area (Å²) >= 11 is 12.5. The molecule has 0 saturated heterocycles. The van der Waals surface area contributed by atoms with Crippen molar-refractivity contribution >= 4 is 46.3 Å². The van der Waals surface area contributed by atoms with Gasteiger partial charge < -0.3 is 29.3 Å². The molecule has 2 heterocycles. The number of aliphatic hydroxyl groups is 2. The molecule has 0 unspecified atom stereocenters. The molecule has 0 spiro atoms. The maximum absolute atomic E-state index is 12.5. The molecule has 6 atom stereocenters. The van der Waals surface area contributed by atoms with E-state index in [9.17, 15) is 29.4 Å². The van der Waals surface area contributed by atoms with Gasteiger partial charge in [0.25, 0.3) is 0 Å². The van der Waals surface area contributed by atoms with E-state index < -0.39 is 34.6 Å². The summed E-state index contributed by atoms with van der Waals surface area (Å²) in [6.45, 7) is 18.3. The van der Waals surface area contributed by atoms with Gasteiger partial charge in [-0.2, -0.15) is 0 Å². The predicted molar refractivity (Wildman–Crippen MR) is 214 cm³/mol. The molecule has 54 heavy (non-hydrogen) atoms. The van der Waals surface area contributed by atoms with Crippen LogP contribution in [0.3, 0.4) is 0 Å². The Morgan fingerprint density at radius 1 is 0.722 bits per heavy atom. The van der Waals surface area contributed by atoms with Crippen LogP contribution in [0.1, 0.15) is 94.9 Å². The van der Waals surface area contributed by atoms with Crippen LogP contribution in [-0.4, -0.2) is 44.5 Å². The Kier molecular flexibility index (Phi) is 15.4. The summed E-state index contributed by atoms with van der Waals surface area (Å²) in [5.41, 5.74) is 0.910. The Labute approximate surface area is 330 Å². The van der Waals surface area contributed by atoms with Gasteiger partial charge in [0.1, 0.15) is 34.3 Å². The lowest BCUT2D eigenvalue weighted by Gasteiger charge is -2.38. The minimum absolute atomic E-state index is 0.0351. The highest BCUT2D eigenvalue weighted by atomic mass is 35.5. The van der Waals surface area contributed by atoms with E-state index in [-0.39, 0.29) is 34.5 Å². The molecule has 2 aliphatic heterocycles. The highest BCUT2D eigenvalue weighted by Crippen LogP contribution is 2.46. The van der Waals surface area contributed by atoms with E-state index in [1.807, 2.05) is 38.2 Å². The standard InChI is InChI=1S/2C22H27ClO4/c2*1-6-13(2)9-14(3)7-8-16-11-17-18(12-27-16)19(10-15(4)24)22(5,26)21(25)20(17)23/h2*7-9,11-13,19,26H,6,10H2,1-5H3/b8-7+,14-9+;8-7+,14-9-/t2*13-,19+,22+/m00/s1. The van der Waals surface area contributed by atoms with E-state index in [4.69, 9.17) is 32.7 Å². The van der Waals surface area contributed by atoms with Crippen molar-refractivity contribution in [2.45, 2.75) is 106 Å². The molecule has 4 rings (SSSR count). The van der Waals surface area contributed by atoms with Gasteiger partial charge in [-0.1, -0.05) is 99.2 Å². The first-order valence-electron chi connectivity index (χ1n) is 18.4. The molecule has 2 N–H and O–H groups in total. The molecule has 0 radical (unpaired) electrons. The number of ketones is 4. The second-order valence-corrected chi connectivity index (χ2v) is 15.8. The van der Waals surface area contributed by atoms with E-state index in [0.29, 0.717) is 45.6 Å². The van der Waals surface area contributed by atoms with Crippen molar-refractivity contribution in [1.29, 1.82) is 0 Å². The summed E-state index contributed by atoms with van der Waals surface area (Å²) in [7, 11) is 0. The van der Waals surface area contributed by atoms with E-state index >= 15 is 0 Å². The molecular formula is C44H54Cl2O8. The summed E-state index contributed by atoms with van der Waals surface area (Å²) in [6, 6.07) is 0. The number of allylic oxidation sites excluding steroid dienone is 12. The van der Waals surface area contributed by atoms with E-state index in [0.717, 1.165) is 24.0 Å². The summed E-state index contributed by atoms with van der Waals surface area (Å²) in [5.74, 6) is -0.690. The van der Waals surface area contributed by atoms with Crippen molar-refractivity contribution in [3.05, 3.63) is 116 Å². The highest BCUT2D eigenvalue weighted by molar-refractivity contribution is 6.45. The number of Topliss-reactive ketones (excluding diaryl/α,β-unsaturated/α-hetero) is 4. The first-order valence-corrected chi connectivity index (χ1v) is 19.1. The third-order valence-electron chi connectivity index (χ3n) is 10.1. The molecular weight excluding hydrogens is 727 g/mol. The van der Waals surface area contributed by atoms with Crippen molar-refractivity contribution in [2.75, 3.05) is 0 Å². The topological polar surface area (TPSA) is 127 Å². The third-order valence-corrected chi connectivity index (χ3v) is 10.9. The molecule has 10 heteroatoms. The van der Waals surface area contributed by atoms with Crippen LogP contribution in [0.15, 0.2) is 116 Å². The van der Waals surface area contributed by atoms with Crippen molar-refractivity contribution in [3.63, 3.8) is 0 Å². The highest BCUT2D eigenvalue weighted by Gasteiger charge is 2.50. The van der Waals surface area contributed by atoms with Gasteiger partial charge in [0, 0.05) is 47.0 Å². The molecule has 4 aliphatic rings. The van der Waals surface area contributed by atoms with Gasteiger partial charge in [-0.15, -0.1) is 0 Å². The average Bonchev–Trinajstić information content (AvgIpc) is 3.11. The normalized spacial score (nSPS) is 27.1. The molecule has 0 aromatic heterocycles. The maximum Gasteiger partial charge on any atom is 0.206 e. The van der Waals surface area contributed by atoms with Crippen molar-refractivity contribution < 1.29 is 38.9 Å². The monoisotopic (exact) mass is 780 g/mol. The zero-order valence-electron chi connectivity index (χ0n) is 33.0. The fourth-order valence-corrected chi connectivity index (χ4v) is 7.19. The lowest BCUT2D eigenvalue weighted by molar-refractivity contribution is -0.138. The van der Waals surface area contributed by atoms with Crippen LogP contribution in [0.2, 0.25) is 0 Å². The molecule has 0 amide bonds. The minimum Gasteiger partial charge on any atom is -0.465 e. The van der Waals surface area contributed by atoms with Crippen LogP contribution < -0.4 is 0 Å². The summed E-state index contributed by atoms with van der Waals surface area (Å²) in [4.78, 5) is 48.4. The van der Waals surface area contributed by atoms with Gasteiger partial charge >= 0.3 is 0 Å². The number of carbonyl (C=O) groups excluding carboxylic acids is 4. The molecule has 292 valence electrons. The van der Waals surface area contributed by atoms with E-state index in [2.05, 4.69) is 39.8 Å². The van der Waals surface area contributed by atoms with Crippen molar-refractivity contribution in [2.24, 2.45) is 23.7 Å². The van der Waals surface area contributed by atoms with Gasteiger partial charge in [0.2, 0.25) is 11.6 Å². The number of fused-ring (bicyclic) bond motifs is 2. The SMILES string of the molecule is CC[C@H](C)/C=C(C)/C=C/C1=CC2=C(Cl)C(=O)[C@](C)(O)[C@H](CC(C)=O)C2=CO1.CC[C@H](C)/C=C(C)\C=C\C1=CC2=C(Cl)C(=O)[C@](C)(O)[C@H](CC(C)=O)C2=CO1. The van der Waals surface area contributed by atoms with Gasteiger partial charge in [-0.3, -0.25) is 9.59 Å². The van der Waals surface area contributed by atoms with Crippen LogP contribution >= 0.6 is 23.2 Å². The first kappa shape index (κ1) is 44.6. The molecule has 0 aromatic rings. The Balaban J connectivity index is 0.000000290. The van der Waals surface area contributed by atoms with Gasteiger partial charge in [-0.05, 0) is 77.7 Å². The number of hydrogen-bond donors (Lipinski definition) is 2. The number of carbonyl (C=O) groups is 4. The summed E-state index contributed by atoms with van der Waals surface area (Å²) in [5, 5.41) is 21.2. The molecule has 0 fully saturated rings. The predicted octanol–water partition coefficient (Wildman–Crippen LogP) is 9.51. The second kappa shape index (κ2) is 18.7. The number of halogens is 2. The molecule has 2 aliphatic carbocycles. The minimum atomic E-state index is -1.74. The number of ether oxygens (including phenoxy) is 2. The Morgan fingerprint density at radius 3 is 1.35 bits per heavy atom. The summed E-state index contributed by atoms with van der Waals surface area (Å²) in [6.07, 6.45) is 20.4. The van der Waals surface area contributed by atoms with Gasteiger partial charge in [0.15, 0.2) is 0 Å². The quantitative estimate of drug-likeness (QED) is 0.188. The largest absolute Gasteiger partial charge is 0.465 e. The average molecular weight is 782 g/mol. The van der Waals surface area contributed by atoms with Crippen LogP contribution in [0, 0.1) is 23.7 Å². The molecule has 0 bridgehead atoms. The Hall–Kier alpha value is -3.82. The summed E-state index contributed by atoms with van der Waals surface area (Å²) < 4.78 is 11.4. The zero-order valence-corrected chi connectivity index (χ0v) is 34.5. The van der Waals surface area contributed by atoms with Crippen LogP contribution in [-0.2, 0) is 28.7 Å². The van der Waals surface area contributed by atoms with Crippen molar-refractivity contribution in [1.82, 2.24) is 0 Å². The molecule has 0 saturated carbocycles.